The molecule has 18 heavy (non-hydrogen) atoms. The van der Waals surface area contributed by atoms with Gasteiger partial charge in [0.2, 0.25) is 0 Å². The van der Waals surface area contributed by atoms with Gasteiger partial charge in [0, 0.05) is 25.0 Å². The Bertz CT molecular complexity index is 508. The zero-order valence-electron chi connectivity index (χ0n) is 10.8. The van der Waals surface area contributed by atoms with E-state index in [1.165, 1.54) is 0 Å². The van der Waals surface area contributed by atoms with Gasteiger partial charge in [-0.1, -0.05) is 18.2 Å². The Morgan fingerprint density at radius 2 is 1.72 bits per heavy atom. The van der Waals surface area contributed by atoms with Crippen LogP contribution in [-0.4, -0.2) is 14.2 Å². The largest absolute Gasteiger partial charge is 0.497 e. The first kappa shape index (κ1) is 12.3. The van der Waals surface area contributed by atoms with E-state index < -0.39 is 0 Å². The van der Waals surface area contributed by atoms with Gasteiger partial charge in [0.15, 0.2) is 0 Å². The maximum Gasteiger partial charge on any atom is 0.119 e. The molecule has 0 saturated carbocycles. The molecule has 0 spiro atoms. The standard InChI is InChI=1S/C15H18N2O/c1-17(11-12-5-3-4-6-15(12)16)13-7-9-14(18-2)10-8-13/h3-10H,11,16H2,1-2H3. The number of nitrogens with two attached hydrogens (primary N) is 1. The Kier molecular flexibility index (Phi) is 3.72. The van der Waals surface area contributed by atoms with Gasteiger partial charge in [0.05, 0.1) is 7.11 Å². The SMILES string of the molecule is COc1ccc(N(C)Cc2ccccc2N)cc1. The Balaban J connectivity index is 2.11. The topological polar surface area (TPSA) is 38.5 Å². The molecular formula is C15H18N2O. The lowest BCUT2D eigenvalue weighted by molar-refractivity contribution is 0.415. The van der Waals surface area contributed by atoms with Crippen LogP contribution in [0.3, 0.4) is 0 Å². The molecule has 2 N–H and O–H groups in total. The summed E-state index contributed by atoms with van der Waals surface area (Å²) in [5, 5.41) is 0. The van der Waals surface area contributed by atoms with E-state index in [9.17, 15) is 0 Å². The summed E-state index contributed by atoms with van der Waals surface area (Å²) in [7, 11) is 3.72. The van der Waals surface area contributed by atoms with Gasteiger partial charge in [-0.2, -0.15) is 0 Å². The van der Waals surface area contributed by atoms with Crippen molar-refractivity contribution in [3.63, 3.8) is 0 Å². The highest BCUT2D eigenvalue weighted by molar-refractivity contribution is 5.52. The minimum Gasteiger partial charge on any atom is -0.497 e. The summed E-state index contributed by atoms with van der Waals surface area (Å²) in [5.74, 6) is 0.867. The third kappa shape index (κ3) is 2.74. The van der Waals surface area contributed by atoms with Crippen LogP contribution < -0.4 is 15.4 Å². The molecule has 3 heteroatoms. The molecule has 0 saturated heterocycles. The van der Waals surface area contributed by atoms with E-state index in [1.807, 2.05) is 49.5 Å². The number of ether oxygens (including phenoxy) is 1. The Morgan fingerprint density at radius 3 is 2.33 bits per heavy atom. The predicted molar refractivity (Wildman–Crippen MR) is 76.0 cm³/mol. The number of benzene rings is 2. The van der Waals surface area contributed by atoms with Crippen LogP contribution in [0.25, 0.3) is 0 Å². The average Bonchev–Trinajstić information content (AvgIpc) is 2.41. The summed E-state index contributed by atoms with van der Waals surface area (Å²) in [4.78, 5) is 2.16. The van der Waals surface area contributed by atoms with E-state index in [0.29, 0.717) is 0 Å². The molecular weight excluding hydrogens is 224 g/mol. The normalized spacial score (nSPS) is 10.1. The zero-order valence-corrected chi connectivity index (χ0v) is 10.8. The maximum atomic E-state index is 5.95. The lowest BCUT2D eigenvalue weighted by atomic mass is 10.1. The van der Waals surface area contributed by atoms with Gasteiger partial charge in [0.1, 0.15) is 5.75 Å². The van der Waals surface area contributed by atoms with Crippen molar-refractivity contribution in [3.05, 3.63) is 54.1 Å². The Morgan fingerprint density at radius 1 is 1.06 bits per heavy atom. The van der Waals surface area contributed by atoms with Gasteiger partial charge in [-0.15, -0.1) is 0 Å². The molecule has 0 bridgehead atoms. The molecule has 0 aliphatic carbocycles. The highest BCUT2D eigenvalue weighted by Crippen LogP contribution is 2.21. The van der Waals surface area contributed by atoms with Crippen molar-refractivity contribution >= 4 is 11.4 Å². The highest BCUT2D eigenvalue weighted by Gasteiger charge is 2.04. The van der Waals surface area contributed by atoms with Crippen molar-refractivity contribution in [2.24, 2.45) is 0 Å². The van der Waals surface area contributed by atoms with E-state index >= 15 is 0 Å². The highest BCUT2D eigenvalue weighted by atomic mass is 16.5. The fourth-order valence-corrected chi connectivity index (χ4v) is 1.86. The second-order valence-corrected chi connectivity index (χ2v) is 4.25. The van der Waals surface area contributed by atoms with Crippen molar-refractivity contribution in [3.8, 4) is 5.75 Å². The zero-order chi connectivity index (χ0) is 13.0. The van der Waals surface area contributed by atoms with E-state index in [2.05, 4.69) is 11.0 Å². The molecule has 0 heterocycles. The Hall–Kier alpha value is -2.16. The molecule has 0 amide bonds. The number of rotatable bonds is 4. The van der Waals surface area contributed by atoms with Crippen LogP contribution in [0.4, 0.5) is 11.4 Å². The summed E-state index contributed by atoms with van der Waals surface area (Å²) in [6.07, 6.45) is 0. The number of methoxy groups -OCH3 is 1. The quantitative estimate of drug-likeness (QED) is 0.838. The molecule has 2 aromatic rings. The van der Waals surface area contributed by atoms with Crippen LogP contribution in [0, 0.1) is 0 Å². The number of hydrogen-bond acceptors (Lipinski definition) is 3. The lowest BCUT2D eigenvalue weighted by Crippen LogP contribution is -2.17. The van der Waals surface area contributed by atoms with Crippen LogP contribution in [-0.2, 0) is 6.54 Å². The van der Waals surface area contributed by atoms with Crippen LogP contribution in [0.1, 0.15) is 5.56 Å². The number of nitrogen functional groups attached to an aromatic ring is 1. The van der Waals surface area contributed by atoms with Crippen LogP contribution >= 0.6 is 0 Å². The third-order valence-corrected chi connectivity index (χ3v) is 2.98. The van der Waals surface area contributed by atoms with E-state index in [0.717, 1.165) is 29.2 Å². The Labute approximate surface area is 108 Å². The van der Waals surface area contributed by atoms with Gasteiger partial charge in [-0.25, -0.2) is 0 Å². The molecule has 0 radical (unpaired) electrons. The van der Waals surface area contributed by atoms with E-state index in [1.54, 1.807) is 7.11 Å². The van der Waals surface area contributed by atoms with Crippen LogP contribution in [0.15, 0.2) is 48.5 Å². The summed E-state index contributed by atoms with van der Waals surface area (Å²) in [6.45, 7) is 0.791. The first-order valence-electron chi connectivity index (χ1n) is 5.89. The first-order chi connectivity index (χ1) is 8.70. The summed E-state index contributed by atoms with van der Waals surface area (Å²) in [5.41, 5.74) is 9.05. The maximum absolute atomic E-state index is 5.95. The van der Waals surface area contributed by atoms with Gasteiger partial charge in [0.25, 0.3) is 0 Å². The summed E-state index contributed by atoms with van der Waals surface area (Å²) < 4.78 is 5.15. The smallest absolute Gasteiger partial charge is 0.119 e. The number of para-hydroxylation sites is 1. The predicted octanol–water partition coefficient (Wildman–Crippen LogP) is 2.91. The summed E-state index contributed by atoms with van der Waals surface area (Å²) >= 11 is 0. The van der Waals surface area contributed by atoms with Crippen molar-refractivity contribution in [1.29, 1.82) is 0 Å². The average molecular weight is 242 g/mol. The van der Waals surface area contributed by atoms with Crippen LogP contribution in [0.5, 0.6) is 5.75 Å². The minimum atomic E-state index is 0.791. The van der Waals surface area contributed by atoms with Gasteiger partial charge >= 0.3 is 0 Å². The lowest BCUT2D eigenvalue weighted by Gasteiger charge is -2.20. The van der Waals surface area contributed by atoms with Crippen LogP contribution in [0.2, 0.25) is 0 Å². The second kappa shape index (κ2) is 5.45. The second-order valence-electron chi connectivity index (χ2n) is 4.25. The van der Waals surface area contributed by atoms with Crippen molar-refractivity contribution in [1.82, 2.24) is 0 Å². The monoisotopic (exact) mass is 242 g/mol. The van der Waals surface area contributed by atoms with Gasteiger partial charge in [-0.3, -0.25) is 0 Å². The van der Waals surface area contributed by atoms with Crippen molar-refractivity contribution in [2.45, 2.75) is 6.54 Å². The molecule has 2 aromatic carbocycles. The molecule has 3 nitrogen and oxygen atoms in total. The molecule has 0 unspecified atom stereocenters. The summed E-state index contributed by atoms with van der Waals surface area (Å²) in [6, 6.07) is 15.9. The number of nitrogens with zero attached hydrogens (tertiary/aromatic N) is 1. The van der Waals surface area contributed by atoms with Gasteiger partial charge in [-0.05, 0) is 35.9 Å². The molecule has 0 aliphatic rings. The molecule has 0 fully saturated rings. The number of hydrogen-bond donors (Lipinski definition) is 1. The molecule has 94 valence electrons. The van der Waals surface area contributed by atoms with E-state index in [-0.39, 0.29) is 0 Å². The molecule has 2 rings (SSSR count). The fraction of sp³-hybridized carbons (Fsp3) is 0.200. The first-order valence-corrected chi connectivity index (χ1v) is 5.89. The van der Waals surface area contributed by atoms with Crippen molar-refractivity contribution < 1.29 is 4.74 Å². The third-order valence-electron chi connectivity index (χ3n) is 2.98. The minimum absolute atomic E-state index is 0.791. The molecule has 0 aromatic heterocycles. The van der Waals surface area contributed by atoms with Gasteiger partial charge < -0.3 is 15.4 Å². The molecule has 0 atom stereocenters. The number of anilines is 2. The molecule has 0 aliphatic heterocycles. The van der Waals surface area contributed by atoms with E-state index in [4.69, 9.17) is 10.5 Å². The fourth-order valence-electron chi connectivity index (χ4n) is 1.86. The van der Waals surface area contributed by atoms with Crippen molar-refractivity contribution in [2.75, 3.05) is 24.8 Å².